The summed E-state index contributed by atoms with van der Waals surface area (Å²) in [5.41, 5.74) is 0.989. The van der Waals surface area contributed by atoms with Crippen molar-refractivity contribution in [3.8, 4) is 17.2 Å². The molecule has 1 N–H and O–H groups in total. The highest BCUT2D eigenvalue weighted by Gasteiger charge is 2.18. The molecule has 0 aliphatic rings. The maximum Gasteiger partial charge on any atom is 0.306 e. The normalized spacial score (nSPS) is 10.5. The van der Waals surface area contributed by atoms with E-state index in [0.717, 1.165) is 0 Å². The van der Waals surface area contributed by atoms with Crippen LogP contribution in [0.25, 0.3) is 11.3 Å². The average molecular weight is 279 g/mol. The second-order valence-electron chi connectivity index (χ2n) is 4.13. The number of benzene rings is 1. The Morgan fingerprint density at radius 3 is 2.75 bits per heavy atom. The zero-order valence-corrected chi connectivity index (χ0v) is 10.9. The Morgan fingerprint density at radius 2 is 2.10 bits per heavy atom. The van der Waals surface area contributed by atoms with Gasteiger partial charge in [0.15, 0.2) is 5.76 Å². The molecule has 2 aromatic rings. The number of rotatable bonds is 5. The number of esters is 1. The number of carbonyl (C=O) groups excluding carboxylic acids is 1. The lowest BCUT2D eigenvalue weighted by atomic mass is 10.0. The molecule has 2 rings (SSSR count). The summed E-state index contributed by atoms with van der Waals surface area (Å²) in [7, 11) is 0. The topological polar surface area (TPSA) is 72.6 Å². The van der Waals surface area contributed by atoms with Gasteiger partial charge in [-0.05, 0) is 42.8 Å². The first-order valence-electron chi connectivity index (χ1n) is 6.21. The molecule has 6 heteroatoms. The average Bonchev–Trinajstić information content (AvgIpc) is 2.79. The Balaban J connectivity index is 2.19. The molecule has 0 aliphatic heterocycles. The van der Waals surface area contributed by atoms with E-state index in [0.29, 0.717) is 23.5 Å². The molecule has 0 radical (unpaired) electrons. The molecule has 0 saturated heterocycles. The summed E-state index contributed by atoms with van der Waals surface area (Å²) in [6.45, 7) is 2.03. The van der Waals surface area contributed by atoms with Gasteiger partial charge in [-0.2, -0.15) is 0 Å². The molecular weight excluding hydrogens is 265 g/mol. The van der Waals surface area contributed by atoms with Crippen molar-refractivity contribution in [3.63, 3.8) is 0 Å². The van der Waals surface area contributed by atoms with Gasteiger partial charge in [-0.25, -0.2) is 4.39 Å². The van der Waals surface area contributed by atoms with E-state index >= 15 is 0 Å². The third-order valence-corrected chi connectivity index (χ3v) is 2.76. The van der Waals surface area contributed by atoms with Crippen molar-refractivity contribution < 1.29 is 23.6 Å². The standard InChI is InChI=1S/C14H14FNO4/c1-2-19-12(17)8-7-11-13(20-16-14(11)18)9-3-5-10(15)6-4-9/h3-6H,2,7-8H2,1H3,(H,16,18). The number of aromatic hydroxyl groups is 1. The molecule has 0 atom stereocenters. The van der Waals surface area contributed by atoms with E-state index in [1.807, 2.05) is 0 Å². The molecule has 1 aromatic heterocycles. The maximum absolute atomic E-state index is 12.9. The van der Waals surface area contributed by atoms with Crippen LogP contribution in [0.5, 0.6) is 5.88 Å². The summed E-state index contributed by atoms with van der Waals surface area (Å²) in [5, 5.41) is 13.1. The highest BCUT2D eigenvalue weighted by molar-refractivity contribution is 5.71. The Hall–Kier alpha value is -2.37. The molecule has 0 saturated carbocycles. The fraction of sp³-hybridized carbons (Fsp3) is 0.286. The molecule has 106 valence electrons. The Morgan fingerprint density at radius 1 is 1.40 bits per heavy atom. The van der Waals surface area contributed by atoms with Gasteiger partial charge >= 0.3 is 5.97 Å². The van der Waals surface area contributed by atoms with Crippen molar-refractivity contribution >= 4 is 5.97 Å². The largest absolute Gasteiger partial charge is 0.491 e. The zero-order valence-electron chi connectivity index (χ0n) is 10.9. The third-order valence-electron chi connectivity index (χ3n) is 2.76. The molecule has 1 aromatic carbocycles. The summed E-state index contributed by atoms with van der Waals surface area (Å²) < 4.78 is 22.7. The SMILES string of the molecule is CCOC(=O)CCc1c(O)noc1-c1ccc(F)cc1. The molecule has 5 nitrogen and oxygen atoms in total. The summed E-state index contributed by atoms with van der Waals surface area (Å²) in [6, 6.07) is 5.60. The van der Waals surface area contributed by atoms with Gasteiger partial charge in [0, 0.05) is 12.0 Å². The van der Waals surface area contributed by atoms with Crippen molar-refractivity contribution in [1.29, 1.82) is 0 Å². The lowest BCUT2D eigenvalue weighted by Crippen LogP contribution is -2.05. The Kier molecular flexibility index (Phi) is 4.34. The predicted octanol–water partition coefficient (Wildman–Crippen LogP) is 2.68. The summed E-state index contributed by atoms with van der Waals surface area (Å²) in [4.78, 5) is 11.3. The van der Waals surface area contributed by atoms with Crippen LogP contribution < -0.4 is 0 Å². The molecule has 1 heterocycles. The van der Waals surface area contributed by atoms with E-state index in [-0.39, 0.29) is 30.5 Å². The lowest BCUT2D eigenvalue weighted by molar-refractivity contribution is -0.143. The van der Waals surface area contributed by atoms with Gasteiger partial charge in [0.05, 0.1) is 12.2 Å². The number of carbonyl (C=O) groups is 1. The molecular formula is C14H14FNO4. The van der Waals surface area contributed by atoms with Crippen LogP contribution in [0.1, 0.15) is 18.9 Å². The summed E-state index contributed by atoms with van der Waals surface area (Å²) in [5.74, 6) is -0.677. The van der Waals surface area contributed by atoms with Crippen LogP contribution in [0, 0.1) is 5.82 Å². The van der Waals surface area contributed by atoms with Crippen LogP contribution in [0.15, 0.2) is 28.8 Å². The van der Waals surface area contributed by atoms with E-state index in [1.54, 1.807) is 6.92 Å². The first-order valence-corrected chi connectivity index (χ1v) is 6.21. The van der Waals surface area contributed by atoms with Crippen LogP contribution in [0.4, 0.5) is 4.39 Å². The van der Waals surface area contributed by atoms with Crippen LogP contribution in [0.2, 0.25) is 0 Å². The van der Waals surface area contributed by atoms with Gasteiger partial charge in [0.25, 0.3) is 5.88 Å². The fourth-order valence-electron chi connectivity index (χ4n) is 1.81. The number of hydrogen-bond donors (Lipinski definition) is 1. The van der Waals surface area contributed by atoms with E-state index in [1.165, 1.54) is 24.3 Å². The van der Waals surface area contributed by atoms with Crippen LogP contribution in [0.3, 0.4) is 0 Å². The lowest BCUT2D eigenvalue weighted by Gasteiger charge is -2.02. The first kappa shape index (κ1) is 14.0. The highest BCUT2D eigenvalue weighted by atomic mass is 19.1. The molecule has 0 bridgehead atoms. The molecule has 0 spiro atoms. The minimum absolute atomic E-state index is 0.108. The number of aromatic nitrogens is 1. The van der Waals surface area contributed by atoms with Gasteiger partial charge in [0.1, 0.15) is 5.82 Å². The quantitative estimate of drug-likeness (QED) is 0.852. The number of halogens is 1. The molecule has 0 amide bonds. The first-order chi connectivity index (χ1) is 9.61. The zero-order chi connectivity index (χ0) is 14.5. The van der Waals surface area contributed by atoms with Crippen molar-refractivity contribution in [1.82, 2.24) is 5.16 Å². The van der Waals surface area contributed by atoms with E-state index in [9.17, 15) is 14.3 Å². The van der Waals surface area contributed by atoms with Gasteiger partial charge in [-0.1, -0.05) is 0 Å². The van der Waals surface area contributed by atoms with Gasteiger partial charge in [-0.3, -0.25) is 4.79 Å². The van der Waals surface area contributed by atoms with Crippen LogP contribution in [-0.4, -0.2) is 22.8 Å². The van der Waals surface area contributed by atoms with Crippen LogP contribution in [-0.2, 0) is 16.0 Å². The van der Waals surface area contributed by atoms with Crippen LogP contribution >= 0.6 is 0 Å². The van der Waals surface area contributed by atoms with Crippen molar-refractivity contribution in [2.24, 2.45) is 0 Å². The number of hydrogen-bond acceptors (Lipinski definition) is 5. The molecule has 20 heavy (non-hydrogen) atoms. The second kappa shape index (κ2) is 6.18. The summed E-state index contributed by atoms with van der Waals surface area (Å²) in [6.07, 6.45) is 0.345. The van der Waals surface area contributed by atoms with Gasteiger partial charge < -0.3 is 14.4 Å². The number of nitrogens with zero attached hydrogens (tertiary/aromatic N) is 1. The highest BCUT2D eigenvalue weighted by Crippen LogP contribution is 2.31. The Bertz CT molecular complexity index is 592. The van der Waals surface area contributed by atoms with Crippen molar-refractivity contribution in [2.75, 3.05) is 6.61 Å². The minimum atomic E-state index is -0.370. The van der Waals surface area contributed by atoms with Gasteiger partial charge in [0.2, 0.25) is 0 Å². The van der Waals surface area contributed by atoms with E-state index in [4.69, 9.17) is 9.26 Å². The third kappa shape index (κ3) is 3.14. The molecule has 0 fully saturated rings. The number of ether oxygens (including phenoxy) is 1. The monoisotopic (exact) mass is 279 g/mol. The van der Waals surface area contributed by atoms with Crippen molar-refractivity contribution in [3.05, 3.63) is 35.6 Å². The molecule has 0 unspecified atom stereocenters. The smallest absolute Gasteiger partial charge is 0.306 e. The van der Waals surface area contributed by atoms with Crippen molar-refractivity contribution in [2.45, 2.75) is 19.8 Å². The van der Waals surface area contributed by atoms with E-state index < -0.39 is 0 Å². The Labute approximate surface area is 115 Å². The fourth-order valence-corrected chi connectivity index (χ4v) is 1.81. The molecule has 0 aliphatic carbocycles. The maximum atomic E-state index is 12.9. The predicted molar refractivity (Wildman–Crippen MR) is 68.5 cm³/mol. The van der Waals surface area contributed by atoms with Gasteiger partial charge in [-0.15, -0.1) is 0 Å². The summed E-state index contributed by atoms with van der Waals surface area (Å²) >= 11 is 0. The van der Waals surface area contributed by atoms with E-state index in [2.05, 4.69) is 5.16 Å². The minimum Gasteiger partial charge on any atom is -0.491 e. The second-order valence-corrected chi connectivity index (χ2v) is 4.13.